The molecule has 0 saturated heterocycles. The van der Waals surface area contributed by atoms with E-state index < -0.39 is 0 Å². The zero-order chi connectivity index (χ0) is 13.8. The van der Waals surface area contributed by atoms with E-state index in [2.05, 4.69) is 15.3 Å². The lowest BCUT2D eigenvalue weighted by Gasteiger charge is -2.07. The smallest absolute Gasteiger partial charge is 0.134 e. The van der Waals surface area contributed by atoms with Crippen molar-refractivity contribution >= 4 is 11.5 Å². The predicted octanol–water partition coefficient (Wildman–Crippen LogP) is 0.597. The van der Waals surface area contributed by atoms with Gasteiger partial charge >= 0.3 is 0 Å². The summed E-state index contributed by atoms with van der Waals surface area (Å²) >= 11 is 0. The normalized spacial score (nSPS) is 9.71. The Morgan fingerprint density at radius 2 is 1.67 bits per heavy atom. The molecule has 0 aliphatic carbocycles. The molecular formula is C16H13ClN3O-. The molecule has 0 aliphatic rings. The van der Waals surface area contributed by atoms with Crippen LogP contribution in [0.1, 0.15) is 0 Å². The first-order valence-electron chi connectivity index (χ1n) is 6.25. The number of rotatable bonds is 3. The maximum atomic E-state index is 9.45. The zero-order valence-electron chi connectivity index (χ0n) is 11.1. The number of hydrogen-bond acceptors (Lipinski definition) is 4. The largest absolute Gasteiger partial charge is 1.00 e. The minimum Gasteiger partial charge on any atom is -1.00 e. The van der Waals surface area contributed by atoms with E-state index in [1.165, 1.54) is 6.33 Å². The number of aromatic hydroxyl groups is 1. The Kier molecular flexibility index (Phi) is 4.74. The molecule has 3 rings (SSSR count). The maximum absolute atomic E-state index is 9.45. The van der Waals surface area contributed by atoms with Gasteiger partial charge in [-0.05, 0) is 12.1 Å². The van der Waals surface area contributed by atoms with Crippen molar-refractivity contribution in [2.45, 2.75) is 0 Å². The first-order valence-corrected chi connectivity index (χ1v) is 6.25. The summed E-state index contributed by atoms with van der Waals surface area (Å²) in [6, 6.07) is 18.7. The van der Waals surface area contributed by atoms with Gasteiger partial charge in [0, 0.05) is 23.4 Å². The summed E-state index contributed by atoms with van der Waals surface area (Å²) in [7, 11) is 0. The van der Waals surface area contributed by atoms with Gasteiger partial charge in [0.05, 0.1) is 5.69 Å². The van der Waals surface area contributed by atoms with Crippen molar-refractivity contribution < 1.29 is 17.5 Å². The van der Waals surface area contributed by atoms with E-state index in [4.69, 9.17) is 0 Å². The Hall–Kier alpha value is -2.59. The molecule has 2 N–H and O–H groups in total. The fourth-order valence-corrected chi connectivity index (χ4v) is 1.92. The van der Waals surface area contributed by atoms with E-state index in [-0.39, 0.29) is 18.2 Å². The molecule has 0 atom stereocenters. The third-order valence-electron chi connectivity index (χ3n) is 2.86. The summed E-state index contributed by atoms with van der Waals surface area (Å²) in [5.41, 5.74) is 2.67. The third-order valence-corrected chi connectivity index (χ3v) is 2.86. The fourth-order valence-electron chi connectivity index (χ4n) is 1.92. The van der Waals surface area contributed by atoms with Gasteiger partial charge in [0.25, 0.3) is 0 Å². The molecular weight excluding hydrogens is 286 g/mol. The zero-order valence-corrected chi connectivity index (χ0v) is 11.8. The van der Waals surface area contributed by atoms with Crippen LogP contribution in [0.2, 0.25) is 0 Å². The van der Waals surface area contributed by atoms with Crippen molar-refractivity contribution in [2.75, 3.05) is 5.32 Å². The number of benzene rings is 2. The number of nitrogens with one attached hydrogen (secondary N) is 1. The molecule has 0 bridgehead atoms. The van der Waals surface area contributed by atoms with E-state index in [1.54, 1.807) is 18.2 Å². The number of halogens is 1. The standard InChI is InChI=1S/C16H13N3O.ClH/c20-14-8-4-7-13(9-14)19-16-10-15(17-11-18-16)12-5-2-1-3-6-12;/h1-11,20H,(H,17,18,19);1H/p-1. The van der Waals surface area contributed by atoms with Gasteiger partial charge in [-0.25, -0.2) is 9.97 Å². The maximum Gasteiger partial charge on any atom is 0.134 e. The van der Waals surface area contributed by atoms with Crippen LogP contribution in [0.5, 0.6) is 5.75 Å². The molecule has 3 aromatic rings. The molecule has 106 valence electrons. The van der Waals surface area contributed by atoms with Crippen LogP contribution in [0.4, 0.5) is 11.5 Å². The fraction of sp³-hybridized carbons (Fsp3) is 0. The molecule has 0 fully saturated rings. The van der Waals surface area contributed by atoms with Crippen molar-refractivity contribution in [3.8, 4) is 17.0 Å². The Labute approximate surface area is 128 Å². The molecule has 0 amide bonds. The summed E-state index contributed by atoms with van der Waals surface area (Å²) in [6.07, 6.45) is 1.52. The van der Waals surface area contributed by atoms with Crippen LogP contribution in [-0.4, -0.2) is 15.1 Å². The second-order valence-corrected chi connectivity index (χ2v) is 4.33. The number of nitrogens with zero attached hydrogens (tertiary/aromatic N) is 2. The highest BCUT2D eigenvalue weighted by Crippen LogP contribution is 2.22. The average Bonchev–Trinajstić information content (AvgIpc) is 2.48. The van der Waals surface area contributed by atoms with Gasteiger partial charge in [-0.1, -0.05) is 36.4 Å². The number of aromatic nitrogens is 2. The van der Waals surface area contributed by atoms with E-state index in [1.807, 2.05) is 42.5 Å². The van der Waals surface area contributed by atoms with Crippen molar-refractivity contribution in [1.29, 1.82) is 0 Å². The summed E-state index contributed by atoms with van der Waals surface area (Å²) in [5.74, 6) is 0.900. The topological polar surface area (TPSA) is 58.0 Å². The summed E-state index contributed by atoms with van der Waals surface area (Å²) in [6.45, 7) is 0. The van der Waals surface area contributed by atoms with Crippen LogP contribution in [0.3, 0.4) is 0 Å². The predicted molar refractivity (Wildman–Crippen MR) is 78.9 cm³/mol. The molecule has 21 heavy (non-hydrogen) atoms. The second kappa shape index (κ2) is 6.72. The van der Waals surface area contributed by atoms with Crippen LogP contribution < -0.4 is 17.7 Å². The monoisotopic (exact) mass is 298 g/mol. The molecule has 1 heterocycles. The SMILES string of the molecule is Oc1cccc(Nc2cc(-c3ccccc3)ncn2)c1.[Cl-]. The molecule has 0 aliphatic heterocycles. The average molecular weight is 299 g/mol. The molecule has 4 nitrogen and oxygen atoms in total. The van der Waals surface area contributed by atoms with Crippen LogP contribution >= 0.6 is 0 Å². The number of phenols is 1. The summed E-state index contributed by atoms with van der Waals surface area (Å²) < 4.78 is 0. The highest BCUT2D eigenvalue weighted by molar-refractivity contribution is 5.65. The molecule has 0 spiro atoms. The van der Waals surface area contributed by atoms with Crippen LogP contribution in [0.15, 0.2) is 67.0 Å². The number of hydrogen-bond donors (Lipinski definition) is 2. The summed E-state index contributed by atoms with van der Waals surface area (Å²) in [4.78, 5) is 8.45. The first kappa shape index (κ1) is 14.8. The van der Waals surface area contributed by atoms with E-state index in [0.29, 0.717) is 5.82 Å². The Balaban J connectivity index is 0.00000161. The second-order valence-electron chi connectivity index (χ2n) is 4.33. The van der Waals surface area contributed by atoms with Gasteiger partial charge in [0.15, 0.2) is 0 Å². The van der Waals surface area contributed by atoms with E-state index in [9.17, 15) is 5.11 Å². The number of anilines is 2. The van der Waals surface area contributed by atoms with Gasteiger partial charge in [0.2, 0.25) is 0 Å². The lowest BCUT2D eigenvalue weighted by Crippen LogP contribution is -3.00. The van der Waals surface area contributed by atoms with Gasteiger partial charge in [-0.15, -0.1) is 0 Å². The minimum atomic E-state index is 0. The molecule has 0 radical (unpaired) electrons. The van der Waals surface area contributed by atoms with Gasteiger partial charge in [-0.3, -0.25) is 0 Å². The molecule has 0 unspecified atom stereocenters. The van der Waals surface area contributed by atoms with Crippen molar-refractivity contribution in [2.24, 2.45) is 0 Å². The third kappa shape index (κ3) is 3.70. The highest BCUT2D eigenvalue weighted by atomic mass is 35.5. The lowest BCUT2D eigenvalue weighted by molar-refractivity contribution is -0.00000515. The lowest BCUT2D eigenvalue weighted by atomic mass is 10.1. The first-order chi connectivity index (χ1) is 9.81. The molecule has 5 heteroatoms. The minimum absolute atomic E-state index is 0. The van der Waals surface area contributed by atoms with Gasteiger partial charge in [-0.2, -0.15) is 0 Å². The summed E-state index contributed by atoms with van der Waals surface area (Å²) in [5, 5.41) is 12.6. The van der Waals surface area contributed by atoms with Crippen LogP contribution in [-0.2, 0) is 0 Å². The van der Waals surface area contributed by atoms with Crippen molar-refractivity contribution in [3.05, 3.63) is 67.0 Å². The van der Waals surface area contributed by atoms with Crippen LogP contribution in [0.25, 0.3) is 11.3 Å². The number of phenolic OH excluding ortho intramolecular Hbond substituents is 1. The van der Waals surface area contributed by atoms with Crippen molar-refractivity contribution in [3.63, 3.8) is 0 Å². The molecule has 1 aromatic heterocycles. The van der Waals surface area contributed by atoms with Gasteiger partial charge < -0.3 is 22.8 Å². The van der Waals surface area contributed by atoms with Crippen LogP contribution in [0, 0.1) is 0 Å². The van der Waals surface area contributed by atoms with E-state index >= 15 is 0 Å². The molecule has 2 aromatic carbocycles. The molecule has 0 saturated carbocycles. The Morgan fingerprint density at radius 1 is 0.857 bits per heavy atom. The Morgan fingerprint density at radius 3 is 2.43 bits per heavy atom. The van der Waals surface area contributed by atoms with Crippen molar-refractivity contribution in [1.82, 2.24) is 9.97 Å². The van der Waals surface area contributed by atoms with Gasteiger partial charge in [0.1, 0.15) is 17.9 Å². The Bertz CT molecular complexity index is 719. The highest BCUT2D eigenvalue weighted by Gasteiger charge is 2.02. The van der Waals surface area contributed by atoms with E-state index in [0.717, 1.165) is 16.9 Å². The quantitative estimate of drug-likeness (QED) is 0.743.